The molecule has 0 saturated heterocycles. The van der Waals surface area contributed by atoms with E-state index >= 15 is 0 Å². The molecular formula is C25H24N2O. The van der Waals surface area contributed by atoms with Crippen LogP contribution in [0.1, 0.15) is 26.3 Å². The summed E-state index contributed by atoms with van der Waals surface area (Å²) in [7, 11) is 0. The Bertz CT molecular complexity index is 1320. The minimum Gasteiger partial charge on any atom is -0.386 e. The van der Waals surface area contributed by atoms with Gasteiger partial charge in [-0.15, -0.1) is 0 Å². The van der Waals surface area contributed by atoms with E-state index in [1.807, 2.05) is 19.1 Å². The van der Waals surface area contributed by atoms with Crippen LogP contribution in [0.3, 0.4) is 0 Å². The molecule has 2 heterocycles. The molecule has 0 radical (unpaired) electrons. The Morgan fingerprint density at radius 3 is 2.54 bits per heavy atom. The number of rotatable bonds is 3. The van der Waals surface area contributed by atoms with Gasteiger partial charge in [0.25, 0.3) is 0 Å². The molecule has 28 heavy (non-hydrogen) atoms. The van der Waals surface area contributed by atoms with Crippen molar-refractivity contribution in [1.29, 1.82) is 0 Å². The molecule has 3 heteroatoms. The maximum Gasteiger partial charge on any atom is 0.0861 e. The van der Waals surface area contributed by atoms with Crippen molar-refractivity contribution in [2.24, 2.45) is 0 Å². The van der Waals surface area contributed by atoms with E-state index in [2.05, 4.69) is 59.0 Å². The standard InChI is InChI=1S/C25H24N2O/c1-5-9-19-22(6-2)27-23-14-20(16-10-7-8-11-18(16)24(19)23)17-12-13-26-15-21(17)25(3,4)28/h5-15,27-28H,1H2,2-4H3/b19-9+,22-6+. The van der Waals surface area contributed by atoms with Crippen LogP contribution in [0.25, 0.3) is 45.0 Å². The zero-order valence-corrected chi connectivity index (χ0v) is 16.5. The number of aromatic nitrogens is 2. The third-order valence-electron chi connectivity index (χ3n) is 5.22. The van der Waals surface area contributed by atoms with Crippen molar-refractivity contribution in [2.45, 2.75) is 26.4 Å². The first-order chi connectivity index (χ1) is 13.5. The number of nitrogens with one attached hydrogen (secondary N) is 1. The average Bonchev–Trinajstić information content (AvgIpc) is 3.05. The van der Waals surface area contributed by atoms with Crippen molar-refractivity contribution < 1.29 is 5.11 Å². The Morgan fingerprint density at radius 1 is 1.11 bits per heavy atom. The van der Waals surface area contributed by atoms with Gasteiger partial charge in [-0.05, 0) is 54.8 Å². The minimum absolute atomic E-state index is 0.811. The Kier molecular flexibility index (Phi) is 4.40. The van der Waals surface area contributed by atoms with E-state index in [0.717, 1.165) is 38.2 Å². The number of hydrogen-bond donors (Lipinski definition) is 2. The van der Waals surface area contributed by atoms with Gasteiger partial charge < -0.3 is 10.1 Å². The van der Waals surface area contributed by atoms with E-state index in [1.165, 1.54) is 10.8 Å². The highest BCUT2D eigenvalue weighted by Gasteiger charge is 2.22. The molecule has 0 bridgehead atoms. The van der Waals surface area contributed by atoms with Crippen LogP contribution in [0.5, 0.6) is 0 Å². The largest absolute Gasteiger partial charge is 0.386 e. The second kappa shape index (κ2) is 6.77. The SMILES string of the molecule is C=C/C=c1\c(=C/C)[nH]c2cc(-c3ccncc3C(C)(C)O)c3ccccc3c12. The molecule has 0 fully saturated rings. The lowest BCUT2D eigenvalue weighted by molar-refractivity contribution is 0.0788. The highest BCUT2D eigenvalue weighted by atomic mass is 16.3. The Morgan fingerprint density at radius 2 is 1.86 bits per heavy atom. The summed E-state index contributed by atoms with van der Waals surface area (Å²) in [4.78, 5) is 7.79. The van der Waals surface area contributed by atoms with Crippen molar-refractivity contribution in [1.82, 2.24) is 9.97 Å². The lowest BCUT2D eigenvalue weighted by Crippen LogP contribution is -2.21. The number of allylic oxidation sites excluding steroid dienone is 1. The van der Waals surface area contributed by atoms with E-state index < -0.39 is 5.60 Å². The summed E-state index contributed by atoms with van der Waals surface area (Å²) < 4.78 is 0. The zero-order valence-electron chi connectivity index (χ0n) is 16.5. The van der Waals surface area contributed by atoms with Gasteiger partial charge in [0.05, 0.1) is 5.60 Å². The number of fused-ring (bicyclic) bond motifs is 3. The van der Waals surface area contributed by atoms with Crippen LogP contribution in [0.15, 0.2) is 61.4 Å². The van der Waals surface area contributed by atoms with Gasteiger partial charge in [0.15, 0.2) is 0 Å². The van der Waals surface area contributed by atoms with Gasteiger partial charge in [-0.2, -0.15) is 0 Å². The third-order valence-corrected chi connectivity index (χ3v) is 5.22. The fourth-order valence-electron chi connectivity index (χ4n) is 3.97. The van der Waals surface area contributed by atoms with Crippen LogP contribution in [0.4, 0.5) is 0 Å². The van der Waals surface area contributed by atoms with Crippen LogP contribution in [0, 0.1) is 0 Å². The van der Waals surface area contributed by atoms with E-state index in [-0.39, 0.29) is 0 Å². The number of benzene rings is 2. The number of H-pyrrole nitrogens is 1. The molecule has 140 valence electrons. The highest BCUT2D eigenvalue weighted by Crippen LogP contribution is 2.37. The molecule has 0 aliphatic heterocycles. The summed E-state index contributed by atoms with van der Waals surface area (Å²) in [5, 5.41) is 16.4. The molecule has 3 nitrogen and oxygen atoms in total. The summed E-state index contributed by atoms with van der Waals surface area (Å²) >= 11 is 0. The predicted molar refractivity (Wildman–Crippen MR) is 118 cm³/mol. The number of aromatic amines is 1. The first-order valence-electron chi connectivity index (χ1n) is 9.45. The number of hydrogen-bond acceptors (Lipinski definition) is 2. The van der Waals surface area contributed by atoms with Gasteiger partial charge in [-0.1, -0.05) is 49.1 Å². The number of nitrogens with zero attached hydrogens (tertiary/aromatic N) is 1. The second-order valence-corrected chi connectivity index (χ2v) is 7.52. The molecule has 0 aliphatic rings. The molecule has 4 aromatic rings. The fourth-order valence-corrected chi connectivity index (χ4v) is 3.97. The number of pyridine rings is 1. The lowest BCUT2D eigenvalue weighted by atomic mass is 9.88. The smallest absolute Gasteiger partial charge is 0.0861 e. The van der Waals surface area contributed by atoms with Crippen LogP contribution in [0.2, 0.25) is 0 Å². The first kappa shape index (κ1) is 18.2. The normalized spacial score (nSPS) is 13.6. The summed E-state index contributed by atoms with van der Waals surface area (Å²) in [6.07, 6.45) is 9.49. The molecule has 0 spiro atoms. The Balaban J connectivity index is 2.22. The molecule has 0 amide bonds. The molecule has 0 unspecified atom stereocenters. The molecular weight excluding hydrogens is 344 g/mol. The van der Waals surface area contributed by atoms with Gasteiger partial charge in [0, 0.05) is 39.4 Å². The lowest BCUT2D eigenvalue weighted by Gasteiger charge is -2.22. The molecule has 0 saturated carbocycles. The molecule has 2 aromatic heterocycles. The van der Waals surface area contributed by atoms with Crippen molar-refractivity contribution in [3.63, 3.8) is 0 Å². The molecule has 2 N–H and O–H groups in total. The minimum atomic E-state index is -0.987. The second-order valence-electron chi connectivity index (χ2n) is 7.52. The Hall–Kier alpha value is -3.17. The Labute approximate surface area is 164 Å². The van der Waals surface area contributed by atoms with Crippen molar-refractivity contribution in [2.75, 3.05) is 0 Å². The predicted octanol–water partition coefficient (Wildman–Crippen LogP) is 4.38. The number of aliphatic hydroxyl groups is 1. The van der Waals surface area contributed by atoms with Gasteiger partial charge in [-0.25, -0.2) is 0 Å². The van der Waals surface area contributed by atoms with Crippen molar-refractivity contribution in [3.8, 4) is 11.1 Å². The zero-order chi connectivity index (χ0) is 19.9. The quantitative estimate of drug-likeness (QED) is 0.564. The topological polar surface area (TPSA) is 48.9 Å². The van der Waals surface area contributed by atoms with Gasteiger partial charge in [0.1, 0.15) is 0 Å². The van der Waals surface area contributed by atoms with E-state index in [1.54, 1.807) is 26.2 Å². The fraction of sp³-hybridized carbons (Fsp3) is 0.160. The average molecular weight is 368 g/mol. The summed E-state index contributed by atoms with van der Waals surface area (Å²) in [6, 6.07) is 12.6. The summed E-state index contributed by atoms with van der Waals surface area (Å²) in [5.41, 5.74) is 2.96. The summed E-state index contributed by atoms with van der Waals surface area (Å²) in [6.45, 7) is 9.51. The molecule has 0 atom stereocenters. The molecule has 0 aliphatic carbocycles. The van der Waals surface area contributed by atoms with Gasteiger partial charge in [-0.3, -0.25) is 4.98 Å². The van der Waals surface area contributed by atoms with E-state index in [4.69, 9.17) is 0 Å². The van der Waals surface area contributed by atoms with Crippen molar-refractivity contribution >= 4 is 33.8 Å². The maximum absolute atomic E-state index is 10.7. The van der Waals surface area contributed by atoms with Crippen LogP contribution >= 0.6 is 0 Å². The van der Waals surface area contributed by atoms with E-state index in [0.29, 0.717) is 0 Å². The monoisotopic (exact) mass is 368 g/mol. The van der Waals surface area contributed by atoms with Crippen LogP contribution in [-0.4, -0.2) is 15.1 Å². The van der Waals surface area contributed by atoms with E-state index in [9.17, 15) is 5.11 Å². The third kappa shape index (κ3) is 2.85. The van der Waals surface area contributed by atoms with Crippen molar-refractivity contribution in [3.05, 3.63) is 77.6 Å². The summed E-state index contributed by atoms with van der Waals surface area (Å²) in [5.74, 6) is 0. The van der Waals surface area contributed by atoms with Gasteiger partial charge in [0.2, 0.25) is 0 Å². The highest BCUT2D eigenvalue weighted by molar-refractivity contribution is 6.13. The van der Waals surface area contributed by atoms with Crippen LogP contribution < -0.4 is 10.6 Å². The molecule has 4 rings (SSSR count). The maximum atomic E-state index is 10.7. The van der Waals surface area contributed by atoms with Crippen LogP contribution in [-0.2, 0) is 5.60 Å². The van der Waals surface area contributed by atoms with Gasteiger partial charge >= 0.3 is 0 Å². The first-order valence-corrected chi connectivity index (χ1v) is 9.45. The molecule has 2 aromatic carbocycles.